The molecule has 0 unspecified atom stereocenters. The number of benzene rings is 2. The molecule has 158 valence electrons. The zero-order valence-corrected chi connectivity index (χ0v) is 18.0. The van der Waals surface area contributed by atoms with Gasteiger partial charge in [-0.25, -0.2) is 8.42 Å². The number of hydrogen-bond donors (Lipinski definition) is 1. The van der Waals surface area contributed by atoms with Crippen LogP contribution in [0.3, 0.4) is 0 Å². The molecule has 2 aromatic rings. The van der Waals surface area contributed by atoms with Crippen molar-refractivity contribution < 1.29 is 22.8 Å². The van der Waals surface area contributed by atoms with Crippen molar-refractivity contribution >= 4 is 27.6 Å². The van der Waals surface area contributed by atoms with Crippen molar-refractivity contribution in [3.63, 3.8) is 0 Å². The van der Waals surface area contributed by atoms with E-state index in [1.54, 1.807) is 19.1 Å². The maximum absolute atomic E-state index is 12.7. The third-order valence-corrected chi connectivity index (χ3v) is 6.25. The van der Waals surface area contributed by atoms with Gasteiger partial charge in [0.15, 0.2) is 9.84 Å². The van der Waals surface area contributed by atoms with Gasteiger partial charge in [0.05, 0.1) is 22.1 Å². The van der Waals surface area contributed by atoms with Crippen molar-refractivity contribution in [2.75, 3.05) is 12.8 Å². The van der Waals surface area contributed by atoms with Crippen LogP contribution in [0.2, 0.25) is 0 Å². The first-order valence-electron chi connectivity index (χ1n) is 9.74. The SMILES string of the molecule is CCCCN1C(=O)c2ccc(C(=O)N[C@H](C)c3ccc(S(C)(=O)=O)cc3)cc2C1=O. The van der Waals surface area contributed by atoms with Crippen LogP contribution in [0.4, 0.5) is 0 Å². The van der Waals surface area contributed by atoms with E-state index in [9.17, 15) is 22.8 Å². The first-order valence-corrected chi connectivity index (χ1v) is 11.6. The summed E-state index contributed by atoms with van der Waals surface area (Å²) >= 11 is 0. The number of fused-ring (bicyclic) bond motifs is 1. The number of nitrogens with zero attached hydrogens (tertiary/aromatic N) is 1. The summed E-state index contributed by atoms with van der Waals surface area (Å²) < 4.78 is 23.2. The Hall–Kier alpha value is -3.00. The largest absolute Gasteiger partial charge is 0.346 e. The molecule has 30 heavy (non-hydrogen) atoms. The Morgan fingerprint density at radius 2 is 1.67 bits per heavy atom. The highest BCUT2D eigenvalue weighted by atomic mass is 32.2. The Morgan fingerprint density at radius 1 is 1.03 bits per heavy atom. The van der Waals surface area contributed by atoms with Crippen molar-refractivity contribution in [2.45, 2.75) is 37.6 Å². The zero-order chi connectivity index (χ0) is 22.1. The number of imide groups is 1. The smallest absolute Gasteiger partial charge is 0.261 e. The van der Waals surface area contributed by atoms with E-state index in [4.69, 9.17) is 0 Å². The van der Waals surface area contributed by atoms with Crippen molar-refractivity contribution in [2.24, 2.45) is 0 Å². The Kier molecular flexibility index (Phi) is 6.07. The second-order valence-electron chi connectivity index (χ2n) is 7.41. The van der Waals surface area contributed by atoms with Gasteiger partial charge in [0, 0.05) is 18.4 Å². The monoisotopic (exact) mass is 428 g/mol. The number of hydrogen-bond acceptors (Lipinski definition) is 5. The van der Waals surface area contributed by atoms with E-state index in [0.717, 1.165) is 24.7 Å². The standard InChI is InChI=1S/C22H24N2O5S/c1-4-5-12-24-21(26)18-11-8-16(13-19(18)22(24)27)20(25)23-14(2)15-6-9-17(10-7-15)30(3,28)29/h6-11,13-14H,4-5,12H2,1-3H3,(H,23,25)/t14-/m1/s1. The Morgan fingerprint density at radius 3 is 2.27 bits per heavy atom. The third-order valence-electron chi connectivity index (χ3n) is 5.12. The van der Waals surface area contributed by atoms with E-state index in [0.29, 0.717) is 12.1 Å². The number of nitrogens with one attached hydrogen (secondary N) is 1. The molecular weight excluding hydrogens is 404 g/mol. The molecule has 1 N–H and O–H groups in total. The lowest BCUT2D eigenvalue weighted by Crippen LogP contribution is -2.30. The molecular formula is C22H24N2O5S. The van der Waals surface area contributed by atoms with E-state index in [2.05, 4.69) is 5.32 Å². The van der Waals surface area contributed by atoms with Crippen LogP contribution in [0.1, 0.15) is 69.4 Å². The van der Waals surface area contributed by atoms with Gasteiger partial charge in [-0.15, -0.1) is 0 Å². The van der Waals surface area contributed by atoms with Gasteiger partial charge < -0.3 is 5.32 Å². The van der Waals surface area contributed by atoms with Crippen molar-refractivity contribution in [1.29, 1.82) is 0 Å². The fourth-order valence-electron chi connectivity index (χ4n) is 3.32. The molecule has 1 heterocycles. The second kappa shape index (κ2) is 8.39. The minimum Gasteiger partial charge on any atom is -0.346 e. The first-order chi connectivity index (χ1) is 14.1. The summed E-state index contributed by atoms with van der Waals surface area (Å²) in [5.74, 6) is -1.08. The molecule has 0 aliphatic carbocycles. The van der Waals surface area contributed by atoms with E-state index < -0.39 is 9.84 Å². The summed E-state index contributed by atoms with van der Waals surface area (Å²) in [7, 11) is -3.29. The maximum Gasteiger partial charge on any atom is 0.261 e. The van der Waals surface area contributed by atoms with Gasteiger partial charge >= 0.3 is 0 Å². The molecule has 0 aromatic heterocycles. The molecule has 0 radical (unpaired) electrons. The topological polar surface area (TPSA) is 101 Å². The van der Waals surface area contributed by atoms with Crippen molar-refractivity contribution in [3.05, 3.63) is 64.7 Å². The minimum absolute atomic E-state index is 0.208. The van der Waals surface area contributed by atoms with Gasteiger partial charge in [-0.2, -0.15) is 0 Å². The van der Waals surface area contributed by atoms with Gasteiger partial charge in [-0.3, -0.25) is 19.3 Å². The number of unbranched alkanes of at least 4 members (excludes halogenated alkanes) is 1. The van der Waals surface area contributed by atoms with E-state index in [1.807, 2.05) is 6.92 Å². The number of rotatable bonds is 7. The molecule has 7 nitrogen and oxygen atoms in total. The average Bonchev–Trinajstić information content (AvgIpc) is 2.95. The quantitative estimate of drug-likeness (QED) is 0.684. The van der Waals surface area contributed by atoms with E-state index >= 15 is 0 Å². The highest BCUT2D eigenvalue weighted by Gasteiger charge is 2.35. The second-order valence-corrected chi connectivity index (χ2v) is 9.43. The van der Waals surface area contributed by atoms with Gasteiger partial charge in [-0.1, -0.05) is 25.5 Å². The lowest BCUT2D eigenvalue weighted by atomic mass is 10.0. The average molecular weight is 429 g/mol. The van der Waals surface area contributed by atoms with E-state index in [1.165, 1.54) is 35.2 Å². The van der Waals surface area contributed by atoms with Crippen LogP contribution < -0.4 is 5.32 Å². The summed E-state index contributed by atoms with van der Waals surface area (Å²) in [6.45, 7) is 4.13. The predicted molar refractivity (Wildman–Crippen MR) is 112 cm³/mol. The molecule has 1 aliphatic rings. The highest BCUT2D eigenvalue weighted by molar-refractivity contribution is 7.90. The zero-order valence-electron chi connectivity index (χ0n) is 17.1. The van der Waals surface area contributed by atoms with Gasteiger partial charge in [0.2, 0.25) is 0 Å². The van der Waals surface area contributed by atoms with Crippen LogP contribution in [0.15, 0.2) is 47.4 Å². The van der Waals surface area contributed by atoms with Crippen LogP contribution in [-0.4, -0.2) is 43.8 Å². The lowest BCUT2D eigenvalue weighted by Gasteiger charge is -2.15. The molecule has 0 bridgehead atoms. The van der Waals surface area contributed by atoms with Crippen LogP contribution in [0.25, 0.3) is 0 Å². The first kappa shape index (κ1) is 21.7. The predicted octanol–water partition coefficient (Wildman–Crippen LogP) is 2.98. The molecule has 1 aliphatic heterocycles. The normalized spacial score (nSPS) is 14.6. The summed E-state index contributed by atoms with van der Waals surface area (Å²) in [6, 6.07) is 10.4. The van der Waals surface area contributed by atoms with Crippen LogP contribution >= 0.6 is 0 Å². The Bertz CT molecular complexity index is 1110. The Balaban J connectivity index is 1.75. The van der Waals surface area contributed by atoms with Crippen LogP contribution in [0, 0.1) is 0 Å². The van der Waals surface area contributed by atoms with Crippen LogP contribution in [0.5, 0.6) is 0 Å². The van der Waals surface area contributed by atoms with Gasteiger partial charge in [-0.05, 0) is 49.2 Å². The fourth-order valence-corrected chi connectivity index (χ4v) is 3.95. The molecule has 0 fully saturated rings. The number of carbonyl (C=O) groups is 3. The van der Waals surface area contributed by atoms with Gasteiger partial charge in [0.1, 0.15) is 0 Å². The summed E-state index contributed by atoms with van der Waals surface area (Å²) in [5.41, 5.74) is 1.59. The summed E-state index contributed by atoms with van der Waals surface area (Å²) in [5, 5.41) is 2.84. The van der Waals surface area contributed by atoms with Crippen molar-refractivity contribution in [1.82, 2.24) is 10.2 Å². The summed E-state index contributed by atoms with van der Waals surface area (Å²) in [4.78, 5) is 39.1. The molecule has 2 aromatic carbocycles. The third kappa shape index (κ3) is 4.28. The minimum atomic E-state index is -3.29. The molecule has 0 saturated carbocycles. The van der Waals surface area contributed by atoms with Crippen molar-refractivity contribution in [3.8, 4) is 0 Å². The molecule has 3 amide bonds. The molecule has 3 rings (SSSR count). The van der Waals surface area contributed by atoms with Gasteiger partial charge in [0.25, 0.3) is 17.7 Å². The molecule has 1 atom stereocenters. The van der Waals surface area contributed by atoms with E-state index in [-0.39, 0.29) is 39.8 Å². The molecule has 8 heteroatoms. The molecule has 0 saturated heterocycles. The van der Waals surface area contributed by atoms with Crippen LogP contribution in [-0.2, 0) is 9.84 Å². The highest BCUT2D eigenvalue weighted by Crippen LogP contribution is 2.25. The number of sulfone groups is 1. The maximum atomic E-state index is 12.7. The lowest BCUT2D eigenvalue weighted by molar-refractivity contribution is 0.0652. The summed E-state index contributed by atoms with van der Waals surface area (Å²) in [6.07, 6.45) is 2.73. The number of carbonyl (C=O) groups excluding carboxylic acids is 3. The molecule has 0 spiro atoms. The number of amides is 3. The fraction of sp³-hybridized carbons (Fsp3) is 0.318. The Labute approximate surface area is 176 Å².